The molecule has 2 aromatic rings. The molecule has 0 aliphatic carbocycles. The lowest BCUT2D eigenvalue weighted by Gasteiger charge is -2.29. The van der Waals surface area contributed by atoms with Crippen LogP contribution >= 0.6 is 0 Å². The Morgan fingerprint density at radius 3 is 3.05 bits per heavy atom. The molecule has 0 amide bonds. The highest BCUT2D eigenvalue weighted by atomic mass is 16.5. The van der Waals surface area contributed by atoms with Crippen LogP contribution in [-0.4, -0.2) is 16.6 Å². The summed E-state index contributed by atoms with van der Waals surface area (Å²) in [6.07, 6.45) is 3.54. The van der Waals surface area contributed by atoms with Crippen molar-refractivity contribution in [2.75, 3.05) is 6.61 Å². The van der Waals surface area contributed by atoms with Crippen molar-refractivity contribution in [1.82, 2.24) is 15.4 Å². The number of hydrogen-bond donors (Lipinski definition) is 2. The first-order chi connectivity index (χ1) is 10.3. The van der Waals surface area contributed by atoms with E-state index >= 15 is 0 Å². The fraction of sp³-hybridized carbons (Fsp3) is 0.375. The summed E-state index contributed by atoms with van der Waals surface area (Å²) in [5.41, 5.74) is 6.38. The highest BCUT2D eigenvalue weighted by Gasteiger charge is 2.25. The molecule has 0 radical (unpaired) electrons. The predicted molar refractivity (Wildman–Crippen MR) is 80.3 cm³/mol. The van der Waals surface area contributed by atoms with Gasteiger partial charge in [-0.2, -0.15) is 0 Å². The molecule has 2 unspecified atom stereocenters. The summed E-state index contributed by atoms with van der Waals surface area (Å²) in [6, 6.07) is 10.3. The molecule has 0 bridgehead atoms. The monoisotopic (exact) mass is 284 g/mol. The van der Waals surface area contributed by atoms with E-state index in [0.717, 1.165) is 31.0 Å². The van der Waals surface area contributed by atoms with Gasteiger partial charge in [0.05, 0.1) is 24.4 Å². The molecule has 2 heterocycles. The summed E-state index contributed by atoms with van der Waals surface area (Å²) >= 11 is 0. The van der Waals surface area contributed by atoms with Gasteiger partial charge in [0.25, 0.3) is 0 Å². The smallest absolute Gasteiger partial charge is 0.125 e. The number of hydrogen-bond acceptors (Lipinski definition) is 5. The maximum atomic E-state index is 5.95. The largest absolute Gasteiger partial charge is 0.373 e. The summed E-state index contributed by atoms with van der Waals surface area (Å²) in [6.45, 7) is 2.63. The fourth-order valence-electron chi connectivity index (χ4n) is 2.83. The molecule has 3 rings (SSSR count). The SMILES string of the molecule is Cc1nccc(C(CC2OCCc3ccccc32)NN)n1. The number of fused-ring (bicyclic) bond motifs is 1. The lowest BCUT2D eigenvalue weighted by molar-refractivity contribution is 0.0289. The van der Waals surface area contributed by atoms with Gasteiger partial charge in [0.1, 0.15) is 5.82 Å². The minimum absolute atomic E-state index is 0.0475. The average Bonchev–Trinajstić information content (AvgIpc) is 2.52. The Morgan fingerprint density at radius 1 is 1.38 bits per heavy atom. The van der Waals surface area contributed by atoms with E-state index in [-0.39, 0.29) is 12.1 Å². The van der Waals surface area contributed by atoms with Crippen LogP contribution in [0.2, 0.25) is 0 Å². The van der Waals surface area contributed by atoms with Crippen LogP contribution in [0.3, 0.4) is 0 Å². The molecule has 3 N–H and O–H groups in total. The van der Waals surface area contributed by atoms with E-state index in [9.17, 15) is 0 Å². The Bertz CT molecular complexity index is 617. The number of benzene rings is 1. The van der Waals surface area contributed by atoms with E-state index in [1.165, 1.54) is 11.1 Å². The molecule has 2 atom stereocenters. The lowest BCUT2D eigenvalue weighted by atomic mass is 9.93. The Hall–Kier alpha value is -1.82. The Labute approximate surface area is 124 Å². The molecule has 1 aliphatic rings. The number of hydrazine groups is 1. The minimum Gasteiger partial charge on any atom is -0.373 e. The van der Waals surface area contributed by atoms with Gasteiger partial charge in [0.2, 0.25) is 0 Å². The quantitative estimate of drug-likeness (QED) is 0.663. The minimum atomic E-state index is -0.0529. The van der Waals surface area contributed by atoms with Crippen LogP contribution in [-0.2, 0) is 11.2 Å². The van der Waals surface area contributed by atoms with Gasteiger partial charge in [-0.1, -0.05) is 24.3 Å². The van der Waals surface area contributed by atoms with Gasteiger partial charge in [0.15, 0.2) is 0 Å². The molecular formula is C16H20N4O. The zero-order chi connectivity index (χ0) is 14.7. The summed E-state index contributed by atoms with van der Waals surface area (Å²) in [5, 5.41) is 0. The van der Waals surface area contributed by atoms with Gasteiger partial charge >= 0.3 is 0 Å². The highest BCUT2D eigenvalue weighted by Crippen LogP contribution is 2.33. The summed E-state index contributed by atoms with van der Waals surface area (Å²) in [7, 11) is 0. The highest BCUT2D eigenvalue weighted by molar-refractivity contribution is 5.31. The van der Waals surface area contributed by atoms with Crippen molar-refractivity contribution < 1.29 is 4.74 Å². The number of ether oxygens (including phenoxy) is 1. The van der Waals surface area contributed by atoms with Crippen LogP contribution < -0.4 is 11.3 Å². The van der Waals surface area contributed by atoms with Crippen molar-refractivity contribution in [1.29, 1.82) is 0 Å². The van der Waals surface area contributed by atoms with Crippen LogP contribution in [0.1, 0.15) is 41.2 Å². The zero-order valence-corrected chi connectivity index (χ0v) is 12.1. The number of aromatic nitrogens is 2. The first-order valence-electron chi connectivity index (χ1n) is 7.23. The third-order valence-electron chi connectivity index (χ3n) is 3.90. The van der Waals surface area contributed by atoms with E-state index in [2.05, 4.69) is 39.7 Å². The topological polar surface area (TPSA) is 73.1 Å². The standard InChI is InChI=1S/C16H20N4O/c1-11-18-8-6-14(19-11)15(20-17)10-16-13-5-3-2-4-12(13)7-9-21-16/h2-6,8,15-16,20H,7,9-10,17H2,1H3. The first-order valence-corrected chi connectivity index (χ1v) is 7.23. The molecule has 5 nitrogen and oxygen atoms in total. The fourth-order valence-corrected chi connectivity index (χ4v) is 2.83. The molecule has 5 heteroatoms. The Kier molecular flexibility index (Phi) is 4.24. The number of rotatable bonds is 4. The molecule has 0 saturated heterocycles. The predicted octanol–water partition coefficient (Wildman–Crippen LogP) is 1.99. The van der Waals surface area contributed by atoms with E-state index in [1.54, 1.807) is 6.20 Å². The average molecular weight is 284 g/mol. The maximum absolute atomic E-state index is 5.95. The maximum Gasteiger partial charge on any atom is 0.125 e. The molecule has 1 aromatic carbocycles. The van der Waals surface area contributed by atoms with Crippen LogP contribution in [0.15, 0.2) is 36.5 Å². The number of aryl methyl sites for hydroxylation is 1. The number of nitrogens with two attached hydrogens (primary N) is 1. The summed E-state index contributed by atoms with van der Waals surface area (Å²) in [5.74, 6) is 6.47. The molecule has 1 aromatic heterocycles. The third-order valence-corrected chi connectivity index (χ3v) is 3.90. The summed E-state index contributed by atoms with van der Waals surface area (Å²) < 4.78 is 5.95. The van der Waals surface area contributed by atoms with Crippen molar-refractivity contribution in [3.8, 4) is 0 Å². The Morgan fingerprint density at radius 2 is 2.24 bits per heavy atom. The number of nitrogens with zero attached hydrogens (tertiary/aromatic N) is 2. The molecule has 21 heavy (non-hydrogen) atoms. The molecule has 0 spiro atoms. The van der Waals surface area contributed by atoms with Gasteiger partial charge in [-0.05, 0) is 30.5 Å². The third kappa shape index (κ3) is 3.10. The second kappa shape index (κ2) is 6.30. The Balaban J connectivity index is 1.82. The molecule has 0 fully saturated rings. The van der Waals surface area contributed by atoms with E-state index in [0.29, 0.717) is 0 Å². The molecule has 0 saturated carbocycles. The molecule has 110 valence electrons. The van der Waals surface area contributed by atoms with Crippen molar-refractivity contribution >= 4 is 0 Å². The van der Waals surface area contributed by atoms with Crippen LogP contribution in [0.5, 0.6) is 0 Å². The first kappa shape index (κ1) is 14.1. The molecular weight excluding hydrogens is 264 g/mol. The van der Waals surface area contributed by atoms with Crippen molar-refractivity contribution in [2.45, 2.75) is 31.9 Å². The van der Waals surface area contributed by atoms with E-state index in [4.69, 9.17) is 10.6 Å². The molecule has 1 aliphatic heterocycles. The van der Waals surface area contributed by atoms with Crippen LogP contribution in [0.25, 0.3) is 0 Å². The second-order valence-electron chi connectivity index (χ2n) is 5.29. The van der Waals surface area contributed by atoms with Crippen LogP contribution in [0.4, 0.5) is 0 Å². The number of nitrogens with one attached hydrogen (secondary N) is 1. The van der Waals surface area contributed by atoms with E-state index in [1.807, 2.05) is 13.0 Å². The zero-order valence-electron chi connectivity index (χ0n) is 12.1. The lowest BCUT2D eigenvalue weighted by Crippen LogP contribution is -2.31. The van der Waals surface area contributed by atoms with Crippen molar-refractivity contribution in [3.63, 3.8) is 0 Å². The van der Waals surface area contributed by atoms with Crippen molar-refractivity contribution in [3.05, 3.63) is 59.2 Å². The van der Waals surface area contributed by atoms with E-state index < -0.39 is 0 Å². The van der Waals surface area contributed by atoms with Gasteiger partial charge < -0.3 is 4.74 Å². The van der Waals surface area contributed by atoms with Gasteiger partial charge in [-0.3, -0.25) is 11.3 Å². The van der Waals surface area contributed by atoms with Gasteiger partial charge in [0, 0.05) is 12.6 Å². The van der Waals surface area contributed by atoms with Crippen LogP contribution in [0, 0.1) is 6.92 Å². The second-order valence-corrected chi connectivity index (χ2v) is 5.29. The van der Waals surface area contributed by atoms with Crippen molar-refractivity contribution in [2.24, 2.45) is 5.84 Å². The van der Waals surface area contributed by atoms with Gasteiger partial charge in [-0.25, -0.2) is 9.97 Å². The normalized spacial score (nSPS) is 19.0. The summed E-state index contributed by atoms with van der Waals surface area (Å²) in [4.78, 5) is 8.58. The van der Waals surface area contributed by atoms with Gasteiger partial charge in [-0.15, -0.1) is 0 Å².